The summed E-state index contributed by atoms with van der Waals surface area (Å²) in [4.78, 5) is 30.5. The molecule has 1 saturated heterocycles. The second-order valence-corrected chi connectivity index (χ2v) is 6.56. The van der Waals surface area contributed by atoms with E-state index >= 15 is 0 Å². The molecule has 0 aliphatic carbocycles. The Hall–Kier alpha value is -2.57. The molecule has 1 atom stereocenters. The van der Waals surface area contributed by atoms with Crippen LogP contribution in [0, 0.1) is 5.82 Å². The Morgan fingerprint density at radius 3 is 2.96 bits per heavy atom. The number of halogens is 1. The summed E-state index contributed by atoms with van der Waals surface area (Å²) in [5, 5.41) is 3.78. The van der Waals surface area contributed by atoms with Crippen LogP contribution in [0.5, 0.6) is 0 Å². The normalized spacial score (nSPS) is 17.6. The van der Waals surface area contributed by atoms with Crippen molar-refractivity contribution in [2.24, 2.45) is 0 Å². The lowest BCUT2D eigenvalue weighted by atomic mass is 10.0. The van der Waals surface area contributed by atoms with Crippen molar-refractivity contribution in [3.05, 3.63) is 35.8 Å². The Labute approximate surface area is 146 Å². The molecule has 7 heteroatoms. The lowest BCUT2D eigenvalue weighted by molar-refractivity contribution is -0.130. The molecular weight excluding hydrogens is 323 g/mol. The van der Waals surface area contributed by atoms with Crippen LogP contribution in [0.2, 0.25) is 0 Å². The minimum Gasteiger partial charge on any atom is -0.357 e. The summed E-state index contributed by atoms with van der Waals surface area (Å²) in [7, 11) is 1.75. The monoisotopic (exact) mass is 346 g/mol. The van der Waals surface area contributed by atoms with Crippen molar-refractivity contribution in [1.29, 1.82) is 0 Å². The minimum atomic E-state index is -0.294. The summed E-state index contributed by atoms with van der Waals surface area (Å²) < 4.78 is 13.2. The van der Waals surface area contributed by atoms with Gasteiger partial charge in [-0.1, -0.05) is 0 Å². The molecule has 0 saturated carbocycles. The molecule has 3 rings (SSSR count). The van der Waals surface area contributed by atoms with E-state index < -0.39 is 0 Å². The SMILES string of the molecule is CC(=O)N1CCC[C@@H](N(C)C(=O)NCc2cc3ccc(F)cc3[nH]2)C1. The number of nitrogens with one attached hydrogen (secondary N) is 2. The van der Waals surface area contributed by atoms with Gasteiger partial charge in [0, 0.05) is 38.3 Å². The number of aromatic amines is 1. The Morgan fingerprint density at radius 1 is 1.40 bits per heavy atom. The predicted molar refractivity (Wildman–Crippen MR) is 93.5 cm³/mol. The second kappa shape index (κ2) is 7.13. The number of amides is 3. The van der Waals surface area contributed by atoms with Gasteiger partial charge in [0.1, 0.15) is 5.82 Å². The number of hydrogen-bond donors (Lipinski definition) is 2. The van der Waals surface area contributed by atoms with Crippen molar-refractivity contribution >= 4 is 22.8 Å². The zero-order chi connectivity index (χ0) is 18.0. The number of likely N-dealkylation sites (N-methyl/N-ethyl adjacent to an activating group) is 1. The van der Waals surface area contributed by atoms with Gasteiger partial charge in [-0.15, -0.1) is 0 Å². The van der Waals surface area contributed by atoms with Crippen LogP contribution in [0.15, 0.2) is 24.3 Å². The van der Waals surface area contributed by atoms with Gasteiger partial charge in [0.25, 0.3) is 0 Å². The van der Waals surface area contributed by atoms with Crippen LogP contribution in [-0.2, 0) is 11.3 Å². The molecule has 2 heterocycles. The maximum absolute atomic E-state index is 13.2. The molecular formula is C18H23FN4O2. The van der Waals surface area contributed by atoms with Crippen LogP contribution < -0.4 is 5.32 Å². The molecule has 6 nitrogen and oxygen atoms in total. The predicted octanol–water partition coefficient (Wildman–Crippen LogP) is 2.46. The van der Waals surface area contributed by atoms with Gasteiger partial charge in [0.05, 0.1) is 12.6 Å². The van der Waals surface area contributed by atoms with Crippen LogP contribution in [-0.4, -0.2) is 52.9 Å². The number of nitrogens with zero attached hydrogens (tertiary/aromatic N) is 2. The average Bonchev–Trinajstić information content (AvgIpc) is 3.01. The number of likely N-dealkylation sites (tertiary alicyclic amines) is 1. The zero-order valence-electron chi connectivity index (χ0n) is 14.5. The number of piperidine rings is 1. The van der Waals surface area contributed by atoms with Crippen LogP contribution in [0.3, 0.4) is 0 Å². The van der Waals surface area contributed by atoms with E-state index in [1.807, 2.05) is 6.07 Å². The number of aromatic nitrogens is 1. The van der Waals surface area contributed by atoms with Gasteiger partial charge in [-0.2, -0.15) is 0 Å². The van der Waals surface area contributed by atoms with E-state index in [1.54, 1.807) is 29.8 Å². The fraction of sp³-hybridized carbons (Fsp3) is 0.444. The first kappa shape index (κ1) is 17.3. The van der Waals surface area contributed by atoms with Gasteiger partial charge in [-0.3, -0.25) is 4.79 Å². The first-order valence-electron chi connectivity index (χ1n) is 8.47. The summed E-state index contributed by atoms with van der Waals surface area (Å²) in [6.45, 7) is 3.22. The minimum absolute atomic E-state index is 0.0226. The molecule has 134 valence electrons. The van der Waals surface area contributed by atoms with E-state index in [4.69, 9.17) is 0 Å². The Balaban J connectivity index is 1.58. The fourth-order valence-corrected chi connectivity index (χ4v) is 3.27. The van der Waals surface area contributed by atoms with Crippen molar-refractivity contribution in [2.45, 2.75) is 32.4 Å². The third-order valence-corrected chi connectivity index (χ3v) is 4.78. The highest BCUT2D eigenvalue weighted by Crippen LogP contribution is 2.17. The van der Waals surface area contributed by atoms with E-state index in [2.05, 4.69) is 10.3 Å². The third kappa shape index (κ3) is 3.92. The van der Waals surface area contributed by atoms with E-state index in [9.17, 15) is 14.0 Å². The van der Waals surface area contributed by atoms with Crippen molar-refractivity contribution in [3.63, 3.8) is 0 Å². The molecule has 1 fully saturated rings. The Morgan fingerprint density at radius 2 is 2.20 bits per heavy atom. The first-order chi connectivity index (χ1) is 11.9. The topological polar surface area (TPSA) is 68.4 Å². The van der Waals surface area contributed by atoms with E-state index in [0.717, 1.165) is 30.5 Å². The Kier molecular flexibility index (Phi) is 4.92. The van der Waals surface area contributed by atoms with E-state index in [-0.39, 0.29) is 23.8 Å². The highest BCUT2D eigenvalue weighted by molar-refractivity contribution is 5.81. The molecule has 25 heavy (non-hydrogen) atoms. The molecule has 1 aliphatic rings. The summed E-state index contributed by atoms with van der Waals surface area (Å²) in [6.07, 6.45) is 1.79. The maximum atomic E-state index is 13.2. The number of benzene rings is 1. The van der Waals surface area contributed by atoms with Crippen LogP contribution >= 0.6 is 0 Å². The van der Waals surface area contributed by atoms with Gasteiger partial charge in [0.15, 0.2) is 0 Å². The number of H-pyrrole nitrogens is 1. The molecule has 2 aromatic rings. The third-order valence-electron chi connectivity index (χ3n) is 4.78. The smallest absolute Gasteiger partial charge is 0.317 e. The average molecular weight is 346 g/mol. The number of hydrogen-bond acceptors (Lipinski definition) is 2. The number of urea groups is 1. The Bertz CT molecular complexity index is 788. The highest BCUT2D eigenvalue weighted by Gasteiger charge is 2.27. The van der Waals surface area contributed by atoms with E-state index in [1.165, 1.54) is 12.1 Å². The number of rotatable bonds is 3. The molecule has 1 aromatic carbocycles. The molecule has 0 unspecified atom stereocenters. The molecule has 0 spiro atoms. The molecule has 3 amide bonds. The van der Waals surface area contributed by atoms with Gasteiger partial charge < -0.3 is 20.1 Å². The molecule has 0 bridgehead atoms. The molecule has 1 aromatic heterocycles. The highest BCUT2D eigenvalue weighted by atomic mass is 19.1. The summed E-state index contributed by atoms with van der Waals surface area (Å²) in [5.74, 6) is -0.249. The molecule has 0 radical (unpaired) electrons. The van der Waals surface area contributed by atoms with Crippen LogP contribution in [0.25, 0.3) is 10.9 Å². The van der Waals surface area contributed by atoms with Gasteiger partial charge in [-0.25, -0.2) is 9.18 Å². The van der Waals surface area contributed by atoms with Crippen molar-refractivity contribution in [2.75, 3.05) is 20.1 Å². The van der Waals surface area contributed by atoms with Crippen molar-refractivity contribution in [3.8, 4) is 0 Å². The largest absolute Gasteiger partial charge is 0.357 e. The quantitative estimate of drug-likeness (QED) is 0.896. The van der Waals surface area contributed by atoms with Gasteiger partial charge in [-0.05, 0) is 42.5 Å². The van der Waals surface area contributed by atoms with Gasteiger partial charge >= 0.3 is 6.03 Å². The van der Waals surface area contributed by atoms with E-state index in [0.29, 0.717) is 18.6 Å². The molecule has 2 N–H and O–H groups in total. The van der Waals surface area contributed by atoms with Crippen LogP contribution in [0.1, 0.15) is 25.5 Å². The number of carbonyl (C=O) groups excluding carboxylic acids is 2. The zero-order valence-corrected chi connectivity index (χ0v) is 14.5. The molecule has 1 aliphatic heterocycles. The van der Waals surface area contributed by atoms with Gasteiger partial charge in [0.2, 0.25) is 5.91 Å². The maximum Gasteiger partial charge on any atom is 0.317 e. The summed E-state index contributed by atoms with van der Waals surface area (Å²) in [6, 6.07) is 6.29. The fourth-order valence-electron chi connectivity index (χ4n) is 3.27. The summed E-state index contributed by atoms with van der Waals surface area (Å²) >= 11 is 0. The second-order valence-electron chi connectivity index (χ2n) is 6.56. The number of fused-ring (bicyclic) bond motifs is 1. The summed E-state index contributed by atoms with van der Waals surface area (Å²) in [5.41, 5.74) is 1.53. The standard InChI is InChI=1S/C18H23FN4O2/c1-12(24)23-7-3-4-16(11-23)22(2)18(25)20-10-15-8-13-5-6-14(19)9-17(13)21-15/h5-6,8-9,16,21H,3-4,7,10-11H2,1-2H3,(H,20,25)/t16-/m1/s1. The van der Waals surface area contributed by atoms with Crippen molar-refractivity contribution < 1.29 is 14.0 Å². The van der Waals surface area contributed by atoms with Crippen LogP contribution in [0.4, 0.5) is 9.18 Å². The number of carbonyl (C=O) groups is 2. The van der Waals surface area contributed by atoms with Crippen molar-refractivity contribution in [1.82, 2.24) is 20.1 Å². The lowest BCUT2D eigenvalue weighted by Gasteiger charge is -2.37. The first-order valence-corrected chi connectivity index (χ1v) is 8.47. The lowest BCUT2D eigenvalue weighted by Crippen LogP contribution is -2.52.